The summed E-state index contributed by atoms with van der Waals surface area (Å²) in [5.74, 6) is 4.41. The average molecular weight is 116 g/mol. The first kappa shape index (κ1) is 6.97. The lowest BCUT2D eigenvalue weighted by Gasteiger charge is -1.99. The normalized spacial score (nSPS) is 7.75. The molecule has 4 nitrogen and oxygen atoms in total. The molecule has 0 aliphatic heterocycles. The molecule has 0 aromatic heterocycles. The van der Waals surface area contributed by atoms with Gasteiger partial charge in [0.15, 0.2) is 0 Å². The van der Waals surface area contributed by atoms with Gasteiger partial charge >= 0.3 is 0 Å². The lowest BCUT2D eigenvalue weighted by Crippen LogP contribution is -2.21. The van der Waals surface area contributed by atoms with Gasteiger partial charge in [0.05, 0.1) is 0 Å². The van der Waals surface area contributed by atoms with Crippen LogP contribution in [0.25, 0.3) is 0 Å². The molecule has 0 aromatic carbocycles. The predicted molar refractivity (Wildman–Crippen MR) is 28.2 cm³/mol. The fourth-order valence-electron chi connectivity index (χ4n) is 0.226. The van der Waals surface area contributed by atoms with E-state index >= 15 is 0 Å². The van der Waals surface area contributed by atoms with Crippen LogP contribution in [0.5, 0.6) is 0 Å². The molecule has 0 saturated heterocycles. The molecule has 0 spiro atoms. The molecular weight excluding hydrogens is 108 g/mol. The fourth-order valence-corrected chi connectivity index (χ4v) is 0.226. The largest absolute Gasteiger partial charge is 0.394 e. The second-order valence-corrected chi connectivity index (χ2v) is 1.22. The first-order valence-corrected chi connectivity index (χ1v) is 2.00. The van der Waals surface area contributed by atoms with E-state index in [-0.39, 0.29) is 11.8 Å². The van der Waals surface area contributed by atoms with Crippen LogP contribution in [0.2, 0.25) is 0 Å². The van der Waals surface area contributed by atoms with Crippen LogP contribution in [0.3, 0.4) is 0 Å². The Bertz CT molecular complexity index is 111. The number of carbonyl (C=O) groups is 1. The van der Waals surface area contributed by atoms with Gasteiger partial charge < -0.3 is 4.84 Å². The van der Waals surface area contributed by atoms with Crippen LogP contribution in [0.15, 0.2) is 12.5 Å². The Hall–Kier alpha value is -1.03. The van der Waals surface area contributed by atoms with E-state index in [1.165, 1.54) is 6.92 Å². The summed E-state index contributed by atoms with van der Waals surface area (Å²) in [4.78, 5) is 14.1. The Kier molecular flexibility index (Phi) is 2.64. The minimum absolute atomic E-state index is 0.0532. The van der Waals surface area contributed by atoms with Crippen molar-refractivity contribution in [2.24, 2.45) is 5.90 Å². The number of carbonyl (C=O) groups excluding carboxylic acids is 1. The minimum atomic E-state index is -0.250. The van der Waals surface area contributed by atoms with E-state index in [9.17, 15) is 4.79 Å². The van der Waals surface area contributed by atoms with E-state index in [1.54, 1.807) is 0 Å². The molecule has 46 valence electrons. The molecule has 4 heteroatoms. The number of hydrogen-bond donors (Lipinski definition) is 2. The van der Waals surface area contributed by atoms with Crippen LogP contribution in [0.1, 0.15) is 6.92 Å². The third-order valence-corrected chi connectivity index (χ3v) is 0.458. The van der Waals surface area contributed by atoms with Crippen molar-refractivity contribution < 1.29 is 9.63 Å². The van der Waals surface area contributed by atoms with Crippen LogP contribution in [0.4, 0.5) is 0 Å². The van der Waals surface area contributed by atoms with Crippen molar-refractivity contribution in [1.82, 2.24) is 5.32 Å². The van der Waals surface area contributed by atoms with Crippen LogP contribution >= 0.6 is 0 Å². The zero-order valence-electron chi connectivity index (χ0n) is 4.60. The van der Waals surface area contributed by atoms with Crippen molar-refractivity contribution in [2.75, 3.05) is 0 Å². The van der Waals surface area contributed by atoms with E-state index in [0.29, 0.717) is 0 Å². The van der Waals surface area contributed by atoms with Gasteiger partial charge in [-0.25, -0.2) is 0 Å². The molecule has 3 N–H and O–H groups in total. The second-order valence-electron chi connectivity index (χ2n) is 1.22. The first-order chi connectivity index (χ1) is 3.66. The molecule has 0 aliphatic carbocycles. The Balaban J connectivity index is 3.40. The van der Waals surface area contributed by atoms with Crippen LogP contribution < -0.4 is 11.2 Å². The SMILES string of the molecule is C=C(NC(C)=O)ON. The lowest BCUT2D eigenvalue weighted by atomic mass is 10.7. The third-order valence-electron chi connectivity index (χ3n) is 0.458. The second kappa shape index (κ2) is 3.04. The highest BCUT2D eigenvalue weighted by molar-refractivity contribution is 5.74. The zero-order chi connectivity index (χ0) is 6.57. The van der Waals surface area contributed by atoms with Gasteiger partial charge in [-0.2, -0.15) is 5.90 Å². The standard InChI is InChI=1S/C4H8N2O2/c1-3(7)6-4(2)8-5/h2,5H2,1H3,(H,6,7). The molecular formula is C4H8N2O2. The van der Waals surface area contributed by atoms with Crippen molar-refractivity contribution in [2.45, 2.75) is 6.92 Å². The Morgan fingerprint density at radius 2 is 2.38 bits per heavy atom. The van der Waals surface area contributed by atoms with Crippen LogP contribution in [-0.4, -0.2) is 5.91 Å². The van der Waals surface area contributed by atoms with Crippen molar-refractivity contribution in [3.05, 3.63) is 12.5 Å². The maximum Gasteiger partial charge on any atom is 0.223 e. The summed E-state index contributed by atoms with van der Waals surface area (Å²) in [7, 11) is 0. The molecule has 0 saturated carbocycles. The number of hydrogen-bond acceptors (Lipinski definition) is 3. The van der Waals surface area contributed by atoms with Crippen molar-refractivity contribution in [3.8, 4) is 0 Å². The van der Waals surface area contributed by atoms with Gasteiger partial charge in [0.25, 0.3) is 0 Å². The number of rotatable bonds is 2. The summed E-state index contributed by atoms with van der Waals surface area (Å²) in [5.41, 5.74) is 0. The molecule has 0 aliphatic rings. The number of amides is 1. The molecule has 0 radical (unpaired) electrons. The smallest absolute Gasteiger partial charge is 0.223 e. The molecule has 0 bridgehead atoms. The monoisotopic (exact) mass is 116 g/mol. The van der Waals surface area contributed by atoms with E-state index < -0.39 is 0 Å². The van der Waals surface area contributed by atoms with Crippen molar-refractivity contribution in [3.63, 3.8) is 0 Å². The number of nitrogens with two attached hydrogens (primary N) is 1. The topological polar surface area (TPSA) is 64.3 Å². The molecule has 0 heterocycles. The van der Waals surface area contributed by atoms with Gasteiger partial charge in [0, 0.05) is 6.92 Å². The lowest BCUT2D eigenvalue weighted by molar-refractivity contribution is -0.119. The molecule has 0 aromatic rings. The van der Waals surface area contributed by atoms with Gasteiger partial charge in [0.1, 0.15) is 0 Å². The van der Waals surface area contributed by atoms with Crippen molar-refractivity contribution >= 4 is 5.91 Å². The van der Waals surface area contributed by atoms with Crippen LogP contribution in [-0.2, 0) is 9.63 Å². The summed E-state index contributed by atoms with van der Waals surface area (Å²) < 4.78 is 0. The van der Waals surface area contributed by atoms with E-state index in [4.69, 9.17) is 0 Å². The third kappa shape index (κ3) is 3.17. The highest BCUT2D eigenvalue weighted by Crippen LogP contribution is 1.77. The van der Waals surface area contributed by atoms with Crippen LogP contribution in [0, 0.1) is 0 Å². The maximum absolute atomic E-state index is 10.1. The predicted octanol–water partition coefficient (Wildman–Crippen LogP) is -0.516. The summed E-state index contributed by atoms with van der Waals surface area (Å²) in [6.07, 6.45) is 0. The highest BCUT2D eigenvalue weighted by Gasteiger charge is 1.91. The average Bonchev–Trinajstić information content (AvgIpc) is 1.65. The molecule has 0 rings (SSSR count). The van der Waals surface area contributed by atoms with Gasteiger partial charge in [-0.1, -0.05) is 0 Å². The van der Waals surface area contributed by atoms with Gasteiger partial charge in [-0.15, -0.1) is 0 Å². The Morgan fingerprint density at radius 3 is 2.50 bits per heavy atom. The van der Waals surface area contributed by atoms with E-state index in [0.717, 1.165) is 0 Å². The Morgan fingerprint density at radius 1 is 1.88 bits per heavy atom. The summed E-state index contributed by atoms with van der Waals surface area (Å²) >= 11 is 0. The van der Waals surface area contributed by atoms with E-state index in [1.807, 2.05) is 0 Å². The molecule has 0 unspecified atom stereocenters. The van der Waals surface area contributed by atoms with Crippen molar-refractivity contribution in [1.29, 1.82) is 0 Å². The Labute approximate surface area is 47.3 Å². The first-order valence-electron chi connectivity index (χ1n) is 2.00. The summed E-state index contributed by atoms with van der Waals surface area (Å²) in [6.45, 7) is 4.57. The number of nitrogens with one attached hydrogen (secondary N) is 1. The fraction of sp³-hybridized carbons (Fsp3) is 0.250. The molecule has 1 amide bonds. The minimum Gasteiger partial charge on any atom is -0.394 e. The van der Waals surface area contributed by atoms with Gasteiger partial charge in [0.2, 0.25) is 11.8 Å². The highest BCUT2D eigenvalue weighted by atomic mass is 16.6. The quantitative estimate of drug-likeness (QED) is 0.377. The molecule has 0 fully saturated rings. The maximum atomic E-state index is 10.1. The zero-order valence-corrected chi connectivity index (χ0v) is 4.60. The molecule has 8 heavy (non-hydrogen) atoms. The summed E-state index contributed by atoms with van der Waals surface area (Å²) in [5, 5.41) is 2.21. The summed E-state index contributed by atoms with van der Waals surface area (Å²) in [6, 6.07) is 0. The molecule has 0 atom stereocenters. The van der Waals surface area contributed by atoms with Gasteiger partial charge in [-0.05, 0) is 6.58 Å². The van der Waals surface area contributed by atoms with E-state index in [2.05, 4.69) is 22.6 Å². The van der Waals surface area contributed by atoms with Gasteiger partial charge in [-0.3, -0.25) is 10.1 Å².